The molecule has 1 aliphatic rings. The van der Waals surface area contributed by atoms with Crippen LogP contribution in [0.1, 0.15) is 11.1 Å². The largest absolute Gasteiger partial charge is 0.378 e. The van der Waals surface area contributed by atoms with Crippen molar-refractivity contribution in [1.82, 2.24) is 15.0 Å². The number of aromatic nitrogens is 3. The monoisotopic (exact) mass is 361 g/mol. The van der Waals surface area contributed by atoms with E-state index in [1.165, 1.54) is 0 Å². The fourth-order valence-corrected chi connectivity index (χ4v) is 3.15. The van der Waals surface area contributed by atoms with Crippen LogP contribution in [0.3, 0.4) is 0 Å². The average Bonchev–Trinajstić information content (AvgIpc) is 2.72. The summed E-state index contributed by atoms with van der Waals surface area (Å²) in [5.74, 6) is 1.48. The Morgan fingerprint density at radius 3 is 2.85 bits per heavy atom. The van der Waals surface area contributed by atoms with E-state index in [-0.39, 0.29) is 6.54 Å². The third kappa shape index (κ3) is 3.67. The second-order valence-electron chi connectivity index (χ2n) is 6.44. The van der Waals surface area contributed by atoms with Gasteiger partial charge in [0.05, 0.1) is 25.3 Å². The number of ether oxygens (including phenoxy) is 1. The number of azide groups is 1. The summed E-state index contributed by atoms with van der Waals surface area (Å²) in [7, 11) is 0. The van der Waals surface area contributed by atoms with Gasteiger partial charge in [-0.05, 0) is 30.2 Å². The van der Waals surface area contributed by atoms with Crippen LogP contribution in [-0.4, -0.2) is 41.3 Å². The predicted octanol–water partition coefficient (Wildman–Crippen LogP) is 3.65. The summed E-state index contributed by atoms with van der Waals surface area (Å²) in [5, 5.41) is 3.62. The van der Waals surface area contributed by atoms with Crippen LogP contribution in [0.4, 0.5) is 5.82 Å². The molecule has 0 saturated carbocycles. The maximum Gasteiger partial charge on any atom is 0.162 e. The zero-order valence-corrected chi connectivity index (χ0v) is 15.0. The van der Waals surface area contributed by atoms with Crippen LogP contribution in [-0.2, 0) is 11.3 Å². The van der Waals surface area contributed by atoms with Crippen LogP contribution in [0, 0.1) is 6.92 Å². The molecule has 0 amide bonds. The molecule has 0 N–H and O–H groups in total. The summed E-state index contributed by atoms with van der Waals surface area (Å²) in [6.07, 6.45) is 1.72. The highest BCUT2D eigenvalue weighted by Crippen LogP contribution is 2.27. The molecule has 3 heterocycles. The van der Waals surface area contributed by atoms with Gasteiger partial charge in [-0.1, -0.05) is 28.9 Å². The smallest absolute Gasteiger partial charge is 0.162 e. The molecule has 0 spiro atoms. The number of fused-ring (bicyclic) bond motifs is 1. The maximum atomic E-state index is 8.57. The third-order valence-corrected chi connectivity index (χ3v) is 4.48. The van der Waals surface area contributed by atoms with Crippen molar-refractivity contribution in [2.24, 2.45) is 5.11 Å². The fraction of sp³-hybridized carbons (Fsp3) is 0.316. The molecule has 0 radical (unpaired) electrons. The number of morpholine rings is 1. The number of aryl methyl sites for hydroxylation is 1. The second-order valence-corrected chi connectivity index (χ2v) is 6.44. The molecule has 136 valence electrons. The minimum atomic E-state index is 0.246. The summed E-state index contributed by atoms with van der Waals surface area (Å²) >= 11 is 0. The normalized spacial score (nSPS) is 14.2. The second kappa shape index (κ2) is 7.57. The average molecular weight is 361 g/mol. The number of hydrogen-bond donors (Lipinski definition) is 0. The molecular formula is C19H19N7O. The first-order chi connectivity index (χ1) is 13.2. The Morgan fingerprint density at radius 2 is 2.07 bits per heavy atom. The standard InChI is InChI=1S/C19H19N7O/c1-13-3-2-4-15(9-13)18-23-16-10-14(12-22-25-20)11-21-17(16)19(24-18)26-5-7-27-8-6-26/h2-4,9-11H,5-8,12H2,1H3. The van der Waals surface area contributed by atoms with E-state index in [9.17, 15) is 0 Å². The van der Waals surface area contributed by atoms with Crippen LogP contribution in [0.2, 0.25) is 0 Å². The lowest BCUT2D eigenvalue weighted by Gasteiger charge is -2.28. The quantitative estimate of drug-likeness (QED) is 0.401. The minimum Gasteiger partial charge on any atom is -0.378 e. The van der Waals surface area contributed by atoms with E-state index >= 15 is 0 Å². The predicted molar refractivity (Wildman–Crippen MR) is 103 cm³/mol. The van der Waals surface area contributed by atoms with E-state index < -0.39 is 0 Å². The van der Waals surface area contributed by atoms with Gasteiger partial charge in [0.2, 0.25) is 0 Å². The Balaban J connectivity index is 1.88. The van der Waals surface area contributed by atoms with Crippen molar-refractivity contribution in [3.05, 3.63) is 58.1 Å². The molecule has 4 rings (SSSR count). The molecule has 8 heteroatoms. The lowest BCUT2D eigenvalue weighted by molar-refractivity contribution is 0.122. The fourth-order valence-electron chi connectivity index (χ4n) is 3.15. The van der Waals surface area contributed by atoms with Crippen LogP contribution < -0.4 is 4.90 Å². The van der Waals surface area contributed by atoms with Crippen molar-refractivity contribution < 1.29 is 4.74 Å². The van der Waals surface area contributed by atoms with Crippen molar-refractivity contribution in [1.29, 1.82) is 0 Å². The van der Waals surface area contributed by atoms with Gasteiger partial charge < -0.3 is 9.64 Å². The van der Waals surface area contributed by atoms with Gasteiger partial charge in [-0.15, -0.1) is 0 Å². The molecule has 1 aliphatic heterocycles. The van der Waals surface area contributed by atoms with E-state index in [0.717, 1.165) is 46.6 Å². The molecule has 1 aromatic carbocycles. The molecule has 0 aliphatic carbocycles. The highest BCUT2D eigenvalue weighted by Gasteiger charge is 2.19. The first kappa shape index (κ1) is 17.2. The number of nitrogens with zero attached hydrogens (tertiary/aromatic N) is 7. The number of benzene rings is 1. The van der Waals surface area contributed by atoms with E-state index in [2.05, 4.69) is 26.0 Å². The molecule has 0 atom stereocenters. The summed E-state index contributed by atoms with van der Waals surface area (Å²) in [6.45, 7) is 5.16. The van der Waals surface area contributed by atoms with Gasteiger partial charge in [0.25, 0.3) is 0 Å². The summed E-state index contributed by atoms with van der Waals surface area (Å²) < 4.78 is 5.48. The zero-order chi connectivity index (χ0) is 18.6. The lowest BCUT2D eigenvalue weighted by atomic mass is 10.1. The molecule has 27 heavy (non-hydrogen) atoms. The Labute approximate surface area is 156 Å². The minimum absolute atomic E-state index is 0.246. The highest BCUT2D eigenvalue weighted by molar-refractivity contribution is 5.87. The Bertz CT molecular complexity index is 1020. The van der Waals surface area contributed by atoms with Gasteiger partial charge in [-0.2, -0.15) is 0 Å². The number of anilines is 1. The third-order valence-electron chi connectivity index (χ3n) is 4.48. The van der Waals surface area contributed by atoms with Crippen LogP contribution in [0.5, 0.6) is 0 Å². The first-order valence-electron chi connectivity index (χ1n) is 8.82. The van der Waals surface area contributed by atoms with Crippen molar-refractivity contribution in [3.8, 4) is 11.4 Å². The summed E-state index contributed by atoms with van der Waals surface area (Å²) in [6, 6.07) is 10.0. The lowest BCUT2D eigenvalue weighted by Crippen LogP contribution is -2.37. The van der Waals surface area contributed by atoms with Gasteiger partial charge in [0.15, 0.2) is 11.6 Å². The van der Waals surface area contributed by atoms with Crippen molar-refractivity contribution in [2.45, 2.75) is 13.5 Å². The molecular weight excluding hydrogens is 342 g/mol. The molecule has 1 saturated heterocycles. The Morgan fingerprint density at radius 1 is 1.22 bits per heavy atom. The molecule has 2 aromatic heterocycles. The van der Waals surface area contributed by atoms with Gasteiger partial charge in [-0.25, -0.2) is 9.97 Å². The van der Waals surface area contributed by atoms with Crippen LogP contribution in [0.25, 0.3) is 32.9 Å². The SMILES string of the molecule is Cc1cccc(-c2nc(N3CCOCC3)c3ncc(CN=[N+]=[N-])cc3n2)c1. The van der Waals surface area contributed by atoms with Gasteiger partial charge in [-0.3, -0.25) is 4.98 Å². The van der Waals surface area contributed by atoms with Gasteiger partial charge in [0, 0.05) is 29.8 Å². The van der Waals surface area contributed by atoms with Crippen molar-refractivity contribution in [2.75, 3.05) is 31.2 Å². The van der Waals surface area contributed by atoms with Crippen molar-refractivity contribution >= 4 is 16.9 Å². The molecule has 8 nitrogen and oxygen atoms in total. The number of rotatable bonds is 4. The van der Waals surface area contributed by atoms with E-state index in [1.807, 2.05) is 31.2 Å². The van der Waals surface area contributed by atoms with Crippen LogP contribution >= 0.6 is 0 Å². The van der Waals surface area contributed by atoms with E-state index in [1.54, 1.807) is 6.20 Å². The summed E-state index contributed by atoms with van der Waals surface area (Å²) in [5.41, 5.74) is 13.0. The summed E-state index contributed by atoms with van der Waals surface area (Å²) in [4.78, 5) is 19.2. The highest BCUT2D eigenvalue weighted by atomic mass is 16.5. The molecule has 3 aromatic rings. The van der Waals surface area contributed by atoms with Gasteiger partial charge >= 0.3 is 0 Å². The topological polar surface area (TPSA) is 99.9 Å². The van der Waals surface area contributed by atoms with Crippen molar-refractivity contribution in [3.63, 3.8) is 0 Å². The molecule has 0 bridgehead atoms. The van der Waals surface area contributed by atoms with E-state index in [4.69, 9.17) is 20.2 Å². The van der Waals surface area contributed by atoms with Gasteiger partial charge in [0.1, 0.15) is 5.52 Å². The molecule has 1 fully saturated rings. The van der Waals surface area contributed by atoms with Crippen LogP contribution in [0.15, 0.2) is 41.6 Å². The first-order valence-corrected chi connectivity index (χ1v) is 8.82. The molecule has 0 unspecified atom stereocenters. The Kier molecular flexibility index (Phi) is 4.82. The number of hydrogen-bond acceptors (Lipinski definition) is 6. The number of pyridine rings is 1. The maximum absolute atomic E-state index is 8.57. The van der Waals surface area contributed by atoms with E-state index in [0.29, 0.717) is 19.0 Å². The zero-order valence-electron chi connectivity index (χ0n) is 15.0. The Hall–Kier alpha value is -3.22.